The molecular formula is C14H19NS2. The molecule has 2 aromatic heterocycles. The molecule has 0 aromatic carbocycles. The summed E-state index contributed by atoms with van der Waals surface area (Å²) < 4.78 is 0. The van der Waals surface area contributed by atoms with E-state index in [-0.39, 0.29) is 0 Å². The van der Waals surface area contributed by atoms with Crippen LogP contribution in [0.25, 0.3) is 0 Å². The Kier molecular flexibility index (Phi) is 4.37. The van der Waals surface area contributed by atoms with E-state index in [4.69, 9.17) is 0 Å². The Morgan fingerprint density at radius 3 is 2.59 bits per heavy atom. The third-order valence-electron chi connectivity index (χ3n) is 3.03. The molecule has 0 fully saturated rings. The van der Waals surface area contributed by atoms with Gasteiger partial charge in [-0.05, 0) is 49.0 Å². The molecule has 0 aliphatic carbocycles. The predicted molar refractivity (Wildman–Crippen MR) is 78.3 cm³/mol. The molecule has 0 saturated heterocycles. The van der Waals surface area contributed by atoms with Crippen molar-refractivity contribution >= 4 is 22.7 Å². The first-order valence-corrected chi connectivity index (χ1v) is 7.81. The molecule has 0 bridgehead atoms. The summed E-state index contributed by atoms with van der Waals surface area (Å²) in [4.78, 5) is 4.37. The van der Waals surface area contributed by atoms with Crippen LogP contribution in [0.5, 0.6) is 0 Å². The number of hydrogen-bond donors (Lipinski definition) is 1. The van der Waals surface area contributed by atoms with E-state index in [9.17, 15) is 0 Å². The predicted octanol–water partition coefficient (Wildman–Crippen LogP) is 4.24. The first-order chi connectivity index (χ1) is 8.30. The lowest BCUT2D eigenvalue weighted by atomic mass is 10.1. The summed E-state index contributed by atoms with van der Waals surface area (Å²) in [5.74, 6) is 0. The van der Waals surface area contributed by atoms with Crippen LogP contribution < -0.4 is 5.32 Å². The van der Waals surface area contributed by atoms with Crippen molar-refractivity contribution in [3.05, 3.63) is 43.8 Å². The maximum Gasteiger partial charge on any atom is 0.0765 e. The van der Waals surface area contributed by atoms with E-state index < -0.39 is 0 Å². The van der Waals surface area contributed by atoms with Crippen LogP contribution in [-0.2, 0) is 12.8 Å². The summed E-state index contributed by atoms with van der Waals surface area (Å²) in [5.41, 5.74) is 1.47. The van der Waals surface area contributed by atoms with Crippen molar-refractivity contribution in [1.29, 1.82) is 0 Å². The van der Waals surface area contributed by atoms with E-state index in [1.165, 1.54) is 20.2 Å². The molecule has 0 aliphatic rings. The molecule has 1 nitrogen and oxygen atoms in total. The van der Waals surface area contributed by atoms with Crippen molar-refractivity contribution in [1.82, 2.24) is 5.32 Å². The van der Waals surface area contributed by atoms with Gasteiger partial charge in [0, 0.05) is 14.6 Å². The third-order valence-corrected chi connectivity index (χ3v) is 5.35. The van der Waals surface area contributed by atoms with Gasteiger partial charge in [0.2, 0.25) is 0 Å². The molecule has 17 heavy (non-hydrogen) atoms. The average Bonchev–Trinajstić information content (AvgIpc) is 2.99. The number of hydrogen-bond acceptors (Lipinski definition) is 3. The highest BCUT2D eigenvalue weighted by atomic mass is 32.1. The fourth-order valence-electron chi connectivity index (χ4n) is 2.04. The summed E-state index contributed by atoms with van der Waals surface area (Å²) in [6.45, 7) is 4.44. The molecule has 3 heteroatoms. The molecule has 0 saturated carbocycles. The Bertz CT molecular complexity index is 470. The van der Waals surface area contributed by atoms with Gasteiger partial charge >= 0.3 is 0 Å². The molecule has 2 heterocycles. The van der Waals surface area contributed by atoms with Crippen LogP contribution >= 0.6 is 22.7 Å². The Hall–Kier alpha value is -0.640. The molecule has 2 aromatic rings. The van der Waals surface area contributed by atoms with E-state index in [0.717, 1.165) is 12.8 Å². The first kappa shape index (κ1) is 12.8. The van der Waals surface area contributed by atoms with Gasteiger partial charge in [-0.15, -0.1) is 22.7 Å². The van der Waals surface area contributed by atoms with Crippen molar-refractivity contribution in [3.8, 4) is 0 Å². The first-order valence-electron chi connectivity index (χ1n) is 6.12. The third kappa shape index (κ3) is 2.62. The summed E-state index contributed by atoms with van der Waals surface area (Å²) >= 11 is 3.79. The highest BCUT2D eigenvalue weighted by Gasteiger charge is 2.18. The highest BCUT2D eigenvalue weighted by molar-refractivity contribution is 7.13. The molecule has 92 valence electrons. The lowest BCUT2D eigenvalue weighted by Gasteiger charge is -2.14. The molecule has 1 atom stereocenters. The van der Waals surface area contributed by atoms with Crippen LogP contribution in [0.4, 0.5) is 0 Å². The number of thiophene rings is 2. The smallest absolute Gasteiger partial charge is 0.0765 e. The summed E-state index contributed by atoms with van der Waals surface area (Å²) in [7, 11) is 2.05. The highest BCUT2D eigenvalue weighted by Crippen LogP contribution is 2.33. The molecular weight excluding hydrogens is 246 g/mol. The SMILES string of the molecule is CCc1ccc(C(NC)c2sccc2CC)s1. The van der Waals surface area contributed by atoms with Gasteiger partial charge < -0.3 is 5.32 Å². The van der Waals surface area contributed by atoms with Gasteiger partial charge in [0.1, 0.15) is 0 Å². The quantitative estimate of drug-likeness (QED) is 0.852. The Balaban J connectivity index is 2.33. The van der Waals surface area contributed by atoms with Crippen molar-refractivity contribution in [2.75, 3.05) is 7.05 Å². The average molecular weight is 265 g/mol. The minimum Gasteiger partial charge on any atom is -0.308 e. The Labute approximate surface area is 112 Å². The maximum atomic E-state index is 3.45. The minimum atomic E-state index is 0.371. The van der Waals surface area contributed by atoms with E-state index in [1.807, 2.05) is 22.7 Å². The van der Waals surface area contributed by atoms with Gasteiger partial charge in [0.15, 0.2) is 0 Å². The fraction of sp³-hybridized carbons (Fsp3) is 0.429. The van der Waals surface area contributed by atoms with Crippen molar-refractivity contribution in [3.63, 3.8) is 0 Å². The lowest BCUT2D eigenvalue weighted by molar-refractivity contribution is 0.709. The zero-order valence-electron chi connectivity index (χ0n) is 10.6. The molecule has 0 spiro atoms. The molecule has 2 rings (SSSR count). The van der Waals surface area contributed by atoms with Gasteiger partial charge in [-0.1, -0.05) is 13.8 Å². The Morgan fingerprint density at radius 1 is 1.18 bits per heavy atom. The van der Waals surface area contributed by atoms with Gasteiger partial charge in [0.05, 0.1) is 6.04 Å². The topological polar surface area (TPSA) is 12.0 Å². The number of nitrogens with one attached hydrogen (secondary N) is 1. The summed E-state index contributed by atoms with van der Waals surface area (Å²) in [6, 6.07) is 7.14. The monoisotopic (exact) mass is 265 g/mol. The Morgan fingerprint density at radius 2 is 2.00 bits per heavy atom. The largest absolute Gasteiger partial charge is 0.308 e. The standard InChI is InChI=1S/C14H19NS2/c1-4-10-8-9-16-14(10)13(15-3)12-7-6-11(5-2)17-12/h6-9,13,15H,4-5H2,1-3H3. The van der Waals surface area contributed by atoms with E-state index >= 15 is 0 Å². The van der Waals surface area contributed by atoms with E-state index in [0.29, 0.717) is 6.04 Å². The second-order valence-electron chi connectivity index (χ2n) is 4.04. The van der Waals surface area contributed by atoms with Crippen LogP contribution in [0.2, 0.25) is 0 Å². The van der Waals surface area contributed by atoms with Gasteiger partial charge in [0.25, 0.3) is 0 Å². The molecule has 0 aliphatic heterocycles. The van der Waals surface area contributed by atoms with Crippen LogP contribution in [0.1, 0.15) is 40.1 Å². The van der Waals surface area contributed by atoms with Crippen molar-refractivity contribution in [2.24, 2.45) is 0 Å². The van der Waals surface area contributed by atoms with E-state index in [2.05, 4.69) is 49.8 Å². The fourth-order valence-corrected chi connectivity index (χ4v) is 4.31. The lowest BCUT2D eigenvalue weighted by Crippen LogP contribution is -2.16. The van der Waals surface area contributed by atoms with Crippen molar-refractivity contribution in [2.45, 2.75) is 32.7 Å². The van der Waals surface area contributed by atoms with Crippen molar-refractivity contribution < 1.29 is 0 Å². The molecule has 0 radical (unpaired) electrons. The van der Waals surface area contributed by atoms with Crippen LogP contribution in [0, 0.1) is 0 Å². The maximum absolute atomic E-state index is 3.45. The normalized spacial score (nSPS) is 12.9. The van der Waals surface area contributed by atoms with Gasteiger partial charge in [-0.25, -0.2) is 0 Å². The van der Waals surface area contributed by atoms with E-state index in [1.54, 1.807) is 0 Å². The zero-order chi connectivity index (χ0) is 12.3. The summed E-state index contributed by atoms with van der Waals surface area (Å²) in [5, 5.41) is 5.65. The summed E-state index contributed by atoms with van der Waals surface area (Å²) in [6.07, 6.45) is 2.25. The van der Waals surface area contributed by atoms with Gasteiger partial charge in [-0.3, -0.25) is 0 Å². The second kappa shape index (κ2) is 5.80. The van der Waals surface area contributed by atoms with Crippen LogP contribution in [0.15, 0.2) is 23.6 Å². The second-order valence-corrected chi connectivity index (χ2v) is 6.19. The van der Waals surface area contributed by atoms with Crippen LogP contribution in [-0.4, -0.2) is 7.05 Å². The minimum absolute atomic E-state index is 0.371. The zero-order valence-corrected chi connectivity index (χ0v) is 12.3. The molecule has 1 N–H and O–H groups in total. The van der Waals surface area contributed by atoms with Crippen LogP contribution in [0.3, 0.4) is 0 Å². The molecule has 1 unspecified atom stereocenters. The molecule has 0 amide bonds. The van der Waals surface area contributed by atoms with Gasteiger partial charge in [-0.2, -0.15) is 0 Å². The number of aryl methyl sites for hydroxylation is 2. The number of rotatable bonds is 5.